The van der Waals surface area contributed by atoms with E-state index in [4.69, 9.17) is 0 Å². The van der Waals surface area contributed by atoms with Gasteiger partial charge in [0.1, 0.15) is 10.5 Å². The summed E-state index contributed by atoms with van der Waals surface area (Å²) in [6, 6.07) is 5.25. The lowest BCUT2D eigenvalue weighted by molar-refractivity contribution is 0.577. The van der Waals surface area contributed by atoms with Crippen LogP contribution in [-0.4, -0.2) is 27.6 Å². The Hall–Kier alpha value is -2.48. The van der Waals surface area contributed by atoms with E-state index in [1.54, 1.807) is 0 Å². The minimum atomic E-state index is -0.574. The van der Waals surface area contributed by atoms with E-state index in [2.05, 4.69) is 14.9 Å². The smallest absolute Gasteiger partial charge is 0.334 e. The van der Waals surface area contributed by atoms with Crippen LogP contribution in [0.2, 0.25) is 0 Å². The van der Waals surface area contributed by atoms with Gasteiger partial charge < -0.3 is 4.90 Å². The van der Waals surface area contributed by atoms with Crippen LogP contribution in [0, 0.1) is 5.82 Å². The van der Waals surface area contributed by atoms with Crippen molar-refractivity contribution in [1.82, 2.24) is 14.5 Å². The molecule has 0 aliphatic carbocycles. The molecule has 24 heavy (non-hydrogen) atoms. The highest BCUT2D eigenvalue weighted by molar-refractivity contribution is 7.22. The van der Waals surface area contributed by atoms with Crippen LogP contribution >= 0.6 is 11.3 Å². The van der Waals surface area contributed by atoms with Crippen LogP contribution in [0.15, 0.2) is 33.9 Å². The van der Waals surface area contributed by atoms with Crippen molar-refractivity contribution < 1.29 is 4.39 Å². The first-order chi connectivity index (χ1) is 11.6. The largest absolute Gasteiger partial charge is 0.348 e. The molecule has 8 heteroatoms. The number of fused-ring (bicyclic) bond motifs is 1. The van der Waals surface area contributed by atoms with Gasteiger partial charge in [-0.15, -0.1) is 0 Å². The third-order valence-electron chi connectivity index (χ3n) is 4.15. The fourth-order valence-corrected chi connectivity index (χ4v) is 3.94. The molecule has 1 fully saturated rings. The van der Waals surface area contributed by atoms with Crippen molar-refractivity contribution >= 4 is 26.8 Å². The Balaban J connectivity index is 1.86. The predicted molar refractivity (Wildman–Crippen MR) is 91.9 cm³/mol. The minimum absolute atomic E-state index is 0.314. The standard InChI is InChI=1S/C16H15FN4O2S/c17-10-4-6-11(7-5-10)21-14(22)12-13(18-15(21)23)19-16(24-12)20-8-2-1-3-9-20/h4-7H,1-3,8-9H2,(H,18,23). The fraction of sp³-hybridized carbons (Fsp3) is 0.312. The number of aromatic nitrogens is 3. The first-order valence-electron chi connectivity index (χ1n) is 7.80. The van der Waals surface area contributed by atoms with Crippen molar-refractivity contribution in [2.45, 2.75) is 19.3 Å². The Morgan fingerprint density at radius 1 is 1.08 bits per heavy atom. The molecule has 1 N–H and O–H groups in total. The van der Waals surface area contributed by atoms with Gasteiger partial charge in [-0.2, -0.15) is 0 Å². The third kappa shape index (κ3) is 2.52. The quantitative estimate of drug-likeness (QED) is 0.773. The topological polar surface area (TPSA) is 71.0 Å². The average Bonchev–Trinajstić information content (AvgIpc) is 3.02. The molecule has 3 aromatic rings. The van der Waals surface area contributed by atoms with E-state index in [9.17, 15) is 14.0 Å². The number of nitrogens with zero attached hydrogens (tertiary/aromatic N) is 3. The van der Waals surface area contributed by atoms with Gasteiger partial charge in [-0.3, -0.25) is 9.78 Å². The lowest BCUT2D eigenvalue weighted by Crippen LogP contribution is -2.33. The highest BCUT2D eigenvalue weighted by atomic mass is 32.1. The molecule has 1 aliphatic heterocycles. The van der Waals surface area contributed by atoms with Crippen molar-refractivity contribution in [3.8, 4) is 5.69 Å². The molecule has 1 aliphatic rings. The summed E-state index contributed by atoms with van der Waals surface area (Å²) >= 11 is 1.29. The maximum absolute atomic E-state index is 13.1. The number of piperidine rings is 1. The number of halogens is 1. The monoisotopic (exact) mass is 346 g/mol. The van der Waals surface area contributed by atoms with E-state index >= 15 is 0 Å². The first-order valence-corrected chi connectivity index (χ1v) is 8.62. The van der Waals surface area contributed by atoms with Gasteiger partial charge in [-0.05, 0) is 43.5 Å². The van der Waals surface area contributed by atoms with Gasteiger partial charge in [0.2, 0.25) is 0 Å². The molecule has 6 nitrogen and oxygen atoms in total. The van der Waals surface area contributed by atoms with Gasteiger partial charge in [0, 0.05) is 13.1 Å². The Morgan fingerprint density at radius 2 is 1.79 bits per heavy atom. The molecule has 0 saturated carbocycles. The predicted octanol–water partition coefficient (Wildman–Crippen LogP) is 2.26. The summed E-state index contributed by atoms with van der Waals surface area (Å²) in [6.07, 6.45) is 3.41. The van der Waals surface area contributed by atoms with Crippen molar-refractivity contribution in [1.29, 1.82) is 0 Å². The molecular weight excluding hydrogens is 331 g/mol. The molecule has 0 unspecified atom stereocenters. The number of nitrogens with one attached hydrogen (secondary N) is 1. The van der Waals surface area contributed by atoms with Crippen LogP contribution in [0.25, 0.3) is 16.0 Å². The first kappa shape index (κ1) is 15.1. The molecule has 1 aromatic carbocycles. The van der Waals surface area contributed by atoms with Gasteiger partial charge in [0.15, 0.2) is 10.8 Å². The van der Waals surface area contributed by atoms with Gasteiger partial charge in [0.05, 0.1) is 5.69 Å². The second-order valence-corrected chi connectivity index (χ2v) is 6.75. The molecule has 0 bridgehead atoms. The van der Waals surface area contributed by atoms with Crippen LogP contribution in [0.4, 0.5) is 9.52 Å². The zero-order valence-corrected chi connectivity index (χ0v) is 13.6. The number of H-pyrrole nitrogens is 1. The number of hydrogen-bond donors (Lipinski definition) is 1. The number of benzene rings is 1. The van der Waals surface area contributed by atoms with Crippen molar-refractivity contribution in [3.63, 3.8) is 0 Å². The molecule has 124 valence electrons. The summed E-state index contributed by atoms with van der Waals surface area (Å²) in [6.45, 7) is 1.83. The Kier molecular flexibility index (Phi) is 3.68. The lowest BCUT2D eigenvalue weighted by Gasteiger charge is -2.25. The number of hydrogen-bond acceptors (Lipinski definition) is 5. The maximum atomic E-state index is 13.1. The Labute approximate surface area is 140 Å². The minimum Gasteiger partial charge on any atom is -0.348 e. The van der Waals surface area contributed by atoms with Crippen molar-refractivity contribution in [2.75, 3.05) is 18.0 Å². The second kappa shape index (κ2) is 5.86. The summed E-state index contributed by atoms with van der Waals surface area (Å²) in [5, 5.41) is 0.759. The molecular formula is C16H15FN4O2S. The van der Waals surface area contributed by atoms with E-state index in [-0.39, 0.29) is 0 Å². The van der Waals surface area contributed by atoms with E-state index in [0.717, 1.165) is 35.6 Å². The SMILES string of the molecule is O=c1[nH]c2nc(N3CCCCC3)sc2c(=O)n1-c1ccc(F)cc1. The Bertz CT molecular complexity index is 1000. The molecule has 3 heterocycles. The van der Waals surface area contributed by atoms with Gasteiger partial charge in [-0.25, -0.2) is 18.7 Å². The average molecular weight is 346 g/mol. The number of anilines is 1. The second-order valence-electron chi connectivity index (χ2n) is 5.77. The zero-order valence-electron chi connectivity index (χ0n) is 12.8. The molecule has 0 spiro atoms. The van der Waals surface area contributed by atoms with E-state index in [1.165, 1.54) is 42.0 Å². The third-order valence-corrected chi connectivity index (χ3v) is 5.26. The zero-order chi connectivity index (χ0) is 16.7. The molecule has 0 atom stereocenters. The van der Waals surface area contributed by atoms with Crippen molar-refractivity contribution in [2.24, 2.45) is 0 Å². The van der Waals surface area contributed by atoms with Crippen molar-refractivity contribution in [3.05, 3.63) is 50.9 Å². The lowest BCUT2D eigenvalue weighted by atomic mass is 10.1. The van der Waals surface area contributed by atoms with Gasteiger partial charge in [-0.1, -0.05) is 11.3 Å². The molecule has 4 rings (SSSR count). The van der Waals surface area contributed by atoms with Crippen LogP contribution in [0.1, 0.15) is 19.3 Å². The van der Waals surface area contributed by atoms with E-state index in [1.807, 2.05) is 0 Å². The molecule has 2 aromatic heterocycles. The van der Waals surface area contributed by atoms with Crippen LogP contribution in [0.3, 0.4) is 0 Å². The number of rotatable bonds is 2. The normalized spacial score (nSPS) is 15.1. The number of aromatic amines is 1. The highest BCUT2D eigenvalue weighted by Gasteiger charge is 2.19. The molecule has 0 amide bonds. The molecule has 0 radical (unpaired) electrons. The van der Waals surface area contributed by atoms with Crippen LogP contribution < -0.4 is 16.1 Å². The summed E-state index contributed by atoms with van der Waals surface area (Å²) < 4.78 is 14.5. The summed E-state index contributed by atoms with van der Waals surface area (Å²) in [4.78, 5) is 34.2. The van der Waals surface area contributed by atoms with E-state index < -0.39 is 17.1 Å². The van der Waals surface area contributed by atoms with Gasteiger partial charge >= 0.3 is 5.69 Å². The summed E-state index contributed by atoms with van der Waals surface area (Å²) in [5.74, 6) is -0.422. The molecule has 1 saturated heterocycles. The van der Waals surface area contributed by atoms with Crippen LogP contribution in [0.5, 0.6) is 0 Å². The van der Waals surface area contributed by atoms with Crippen LogP contribution in [-0.2, 0) is 0 Å². The fourth-order valence-electron chi connectivity index (χ4n) is 2.93. The van der Waals surface area contributed by atoms with Gasteiger partial charge in [0.25, 0.3) is 5.56 Å². The summed E-state index contributed by atoms with van der Waals surface area (Å²) in [5.41, 5.74) is -0.359. The Morgan fingerprint density at radius 3 is 2.50 bits per heavy atom. The highest BCUT2D eigenvalue weighted by Crippen LogP contribution is 2.27. The number of thiazole rings is 1. The maximum Gasteiger partial charge on any atom is 0.334 e. The summed E-state index contributed by atoms with van der Waals surface area (Å²) in [7, 11) is 0. The van der Waals surface area contributed by atoms with E-state index in [0.29, 0.717) is 16.0 Å².